The Bertz CT molecular complexity index is 262. The van der Waals surface area contributed by atoms with E-state index in [1.165, 1.54) is 0 Å². The van der Waals surface area contributed by atoms with E-state index in [0.717, 1.165) is 23.7 Å². The van der Waals surface area contributed by atoms with Gasteiger partial charge in [-0.15, -0.1) is 11.8 Å². The highest BCUT2D eigenvalue weighted by atomic mass is 32.2. The fourth-order valence-corrected chi connectivity index (χ4v) is 4.47. The molecule has 0 N–H and O–H groups in total. The first-order valence-electron chi connectivity index (χ1n) is 6.10. The SMILES string of the molecule is CCCC(C(=O)OCC)C(=O)C1CSCCS1. The highest BCUT2D eigenvalue weighted by Crippen LogP contribution is 2.28. The number of ether oxygens (including phenoxy) is 1. The van der Waals surface area contributed by atoms with Gasteiger partial charge in [-0.25, -0.2) is 0 Å². The van der Waals surface area contributed by atoms with Crippen LogP contribution in [0.4, 0.5) is 0 Å². The molecule has 1 saturated heterocycles. The van der Waals surface area contributed by atoms with Crippen molar-refractivity contribution < 1.29 is 14.3 Å². The van der Waals surface area contributed by atoms with E-state index in [-0.39, 0.29) is 17.0 Å². The topological polar surface area (TPSA) is 43.4 Å². The summed E-state index contributed by atoms with van der Waals surface area (Å²) in [6.45, 7) is 4.11. The number of ketones is 1. The molecule has 0 spiro atoms. The molecule has 17 heavy (non-hydrogen) atoms. The molecule has 0 saturated carbocycles. The number of esters is 1. The van der Waals surface area contributed by atoms with Gasteiger partial charge in [-0.2, -0.15) is 11.8 Å². The van der Waals surface area contributed by atoms with Crippen molar-refractivity contribution >= 4 is 35.3 Å². The van der Waals surface area contributed by atoms with Gasteiger partial charge in [0.25, 0.3) is 0 Å². The molecule has 0 amide bonds. The van der Waals surface area contributed by atoms with Crippen molar-refractivity contribution in [3.05, 3.63) is 0 Å². The van der Waals surface area contributed by atoms with Crippen LogP contribution in [0.3, 0.4) is 0 Å². The minimum absolute atomic E-state index is 0.0188. The number of Topliss-reactive ketones (excluding diaryl/α,β-unsaturated/α-hetero) is 1. The molecule has 1 rings (SSSR count). The zero-order valence-corrected chi connectivity index (χ0v) is 12.1. The van der Waals surface area contributed by atoms with Gasteiger partial charge in [0.05, 0.1) is 11.9 Å². The van der Waals surface area contributed by atoms with Crippen LogP contribution in [0, 0.1) is 5.92 Å². The lowest BCUT2D eigenvalue weighted by atomic mass is 9.97. The van der Waals surface area contributed by atoms with Crippen molar-refractivity contribution in [2.75, 3.05) is 23.9 Å². The normalized spacial score (nSPS) is 21.9. The molecule has 0 bridgehead atoms. The largest absolute Gasteiger partial charge is 0.465 e. The summed E-state index contributed by atoms with van der Waals surface area (Å²) in [7, 11) is 0. The van der Waals surface area contributed by atoms with Gasteiger partial charge in [0, 0.05) is 17.3 Å². The second kappa shape index (κ2) is 8.03. The standard InChI is InChI=1S/C12H20O3S2/c1-3-5-9(12(14)15-4-2)11(13)10-8-16-6-7-17-10/h9-10H,3-8H2,1-2H3. The van der Waals surface area contributed by atoms with Gasteiger partial charge in [-0.05, 0) is 13.3 Å². The average Bonchev–Trinajstić information content (AvgIpc) is 2.36. The molecule has 98 valence electrons. The average molecular weight is 276 g/mol. The number of carbonyl (C=O) groups is 2. The number of carbonyl (C=O) groups excluding carboxylic acids is 2. The second-order valence-corrected chi connectivity index (χ2v) is 6.39. The van der Waals surface area contributed by atoms with Crippen LogP contribution in [0.25, 0.3) is 0 Å². The summed E-state index contributed by atoms with van der Waals surface area (Å²) >= 11 is 3.48. The van der Waals surface area contributed by atoms with Gasteiger partial charge in [-0.3, -0.25) is 9.59 Å². The molecule has 5 heteroatoms. The Morgan fingerprint density at radius 2 is 2.12 bits per heavy atom. The molecule has 0 aliphatic carbocycles. The Labute approximate surface area is 111 Å². The van der Waals surface area contributed by atoms with E-state index in [4.69, 9.17) is 4.74 Å². The second-order valence-electron chi connectivity index (χ2n) is 3.93. The van der Waals surface area contributed by atoms with Crippen LogP contribution in [0.15, 0.2) is 0 Å². The summed E-state index contributed by atoms with van der Waals surface area (Å²) < 4.78 is 4.99. The monoisotopic (exact) mass is 276 g/mol. The van der Waals surface area contributed by atoms with E-state index in [1.54, 1.807) is 30.4 Å². The smallest absolute Gasteiger partial charge is 0.316 e. The third-order valence-corrected chi connectivity index (χ3v) is 5.40. The van der Waals surface area contributed by atoms with Crippen molar-refractivity contribution in [1.29, 1.82) is 0 Å². The highest BCUT2D eigenvalue weighted by molar-refractivity contribution is 8.07. The third-order valence-electron chi connectivity index (χ3n) is 2.63. The third kappa shape index (κ3) is 4.54. The fourth-order valence-electron chi connectivity index (χ4n) is 1.78. The molecular weight excluding hydrogens is 256 g/mol. The molecule has 1 aliphatic heterocycles. The van der Waals surface area contributed by atoms with E-state index in [0.29, 0.717) is 13.0 Å². The molecule has 2 atom stereocenters. The van der Waals surface area contributed by atoms with Crippen LogP contribution in [0.1, 0.15) is 26.7 Å². The maximum Gasteiger partial charge on any atom is 0.316 e. The van der Waals surface area contributed by atoms with Gasteiger partial charge >= 0.3 is 5.97 Å². The first kappa shape index (κ1) is 14.9. The van der Waals surface area contributed by atoms with E-state index in [2.05, 4.69) is 0 Å². The molecule has 0 radical (unpaired) electrons. The first-order chi connectivity index (χ1) is 8.20. The van der Waals surface area contributed by atoms with Gasteiger partial charge in [0.15, 0.2) is 5.78 Å². The van der Waals surface area contributed by atoms with E-state index >= 15 is 0 Å². The van der Waals surface area contributed by atoms with E-state index in [1.807, 2.05) is 6.92 Å². The Morgan fingerprint density at radius 3 is 2.65 bits per heavy atom. The zero-order chi connectivity index (χ0) is 12.7. The van der Waals surface area contributed by atoms with Gasteiger partial charge in [0.2, 0.25) is 0 Å². The number of thioether (sulfide) groups is 2. The summed E-state index contributed by atoms with van der Waals surface area (Å²) in [5.74, 6) is 2.13. The molecule has 1 fully saturated rings. The lowest BCUT2D eigenvalue weighted by Crippen LogP contribution is -2.35. The van der Waals surface area contributed by atoms with E-state index < -0.39 is 5.92 Å². The molecule has 1 aliphatic rings. The minimum atomic E-state index is -0.545. The molecule has 1 heterocycles. The first-order valence-corrected chi connectivity index (χ1v) is 8.30. The number of hydrogen-bond acceptors (Lipinski definition) is 5. The van der Waals surface area contributed by atoms with Crippen LogP contribution in [0.5, 0.6) is 0 Å². The van der Waals surface area contributed by atoms with Gasteiger partial charge in [0.1, 0.15) is 5.92 Å². The summed E-state index contributed by atoms with van der Waals surface area (Å²) in [6.07, 6.45) is 1.44. The van der Waals surface area contributed by atoms with Crippen molar-refractivity contribution in [3.8, 4) is 0 Å². The van der Waals surface area contributed by atoms with Crippen LogP contribution in [-0.2, 0) is 14.3 Å². The fraction of sp³-hybridized carbons (Fsp3) is 0.833. The number of rotatable bonds is 6. The molecular formula is C12H20O3S2. The Kier molecular flexibility index (Phi) is 7.04. The number of hydrogen-bond donors (Lipinski definition) is 0. The van der Waals surface area contributed by atoms with Gasteiger partial charge in [-0.1, -0.05) is 13.3 Å². The summed E-state index contributed by atoms with van der Waals surface area (Å²) in [5, 5.41) is -0.0188. The molecule has 0 aromatic rings. The summed E-state index contributed by atoms with van der Waals surface area (Å²) in [5.41, 5.74) is 0. The lowest BCUT2D eigenvalue weighted by Gasteiger charge is -2.23. The maximum atomic E-state index is 12.3. The minimum Gasteiger partial charge on any atom is -0.465 e. The quantitative estimate of drug-likeness (QED) is 0.550. The maximum absolute atomic E-state index is 12.3. The molecule has 3 nitrogen and oxygen atoms in total. The van der Waals surface area contributed by atoms with Crippen LogP contribution >= 0.6 is 23.5 Å². The lowest BCUT2D eigenvalue weighted by molar-refractivity contribution is -0.151. The van der Waals surface area contributed by atoms with Crippen molar-refractivity contribution in [2.45, 2.75) is 31.9 Å². The Hall–Kier alpha value is -0.160. The van der Waals surface area contributed by atoms with Gasteiger partial charge < -0.3 is 4.74 Å². The Morgan fingerprint density at radius 1 is 1.35 bits per heavy atom. The van der Waals surface area contributed by atoms with Crippen LogP contribution in [0.2, 0.25) is 0 Å². The summed E-state index contributed by atoms with van der Waals surface area (Å²) in [6, 6.07) is 0. The van der Waals surface area contributed by atoms with Crippen molar-refractivity contribution in [3.63, 3.8) is 0 Å². The van der Waals surface area contributed by atoms with E-state index in [9.17, 15) is 9.59 Å². The van der Waals surface area contributed by atoms with Crippen LogP contribution < -0.4 is 0 Å². The van der Waals surface area contributed by atoms with Crippen LogP contribution in [-0.4, -0.2) is 40.9 Å². The molecule has 0 aromatic heterocycles. The van der Waals surface area contributed by atoms with Crippen molar-refractivity contribution in [2.24, 2.45) is 5.92 Å². The molecule has 0 aromatic carbocycles. The van der Waals surface area contributed by atoms with Crippen molar-refractivity contribution in [1.82, 2.24) is 0 Å². The Balaban J connectivity index is 2.61. The molecule has 2 unspecified atom stereocenters. The predicted octanol–water partition coefficient (Wildman–Crippen LogP) is 2.38. The highest BCUT2D eigenvalue weighted by Gasteiger charge is 2.33. The predicted molar refractivity (Wildman–Crippen MR) is 73.6 cm³/mol. The summed E-state index contributed by atoms with van der Waals surface area (Å²) in [4.78, 5) is 24.0. The zero-order valence-electron chi connectivity index (χ0n) is 10.4.